The van der Waals surface area contributed by atoms with Gasteiger partial charge < -0.3 is 5.32 Å². The minimum Gasteiger partial charge on any atom is -0.350 e. The van der Waals surface area contributed by atoms with Crippen molar-refractivity contribution in [1.82, 2.24) is 5.32 Å². The maximum absolute atomic E-state index is 13.1. The van der Waals surface area contributed by atoms with Crippen LogP contribution >= 0.6 is 0 Å². The van der Waals surface area contributed by atoms with Gasteiger partial charge in [0.2, 0.25) is 5.78 Å². The summed E-state index contributed by atoms with van der Waals surface area (Å²) in [5.74, 6) is -8.23. The van der Waals surface area contributed by atoms with Gasteiger partial charge in [-0.25, -0.2) is 0 Å². The molecule has 0 fully saturated rings. The fourth-order valence-corrected chi connectivity index (χ4v) is 1.05. The molecule has 0 spiro atoms. The van der Waals surface area contributed by atoms with Gasteiger partial charge in [0.15, 0.2) is 0 Å². The van der Waals surface area contributed by atoms with Crippen LogP contribution in [0.2, 0.25) is 0 Å². The third-order valence-electron chi connectivity index (χ3n) is 1.92. The summed E-state index contributed by atoms with van der Waals surface area (Å²) in [7, 11) is 0. The van der Waals surface area contributed by atoms with E-state index in [4.69, 9.17) is 0 Å². The molecule has 0 rings (SSSR count). The number of carbonyl (C=O) groups excluding carboxylic acids is 2. The van der Waals surface area contributed by atoms with Gasteiger partial charge in [-0.1, -0.05) is 13.8 Å². The summed E-state index contributed by atoms with van der Waals surface area (Å²) >= 11 is 0. The fraction of sp³-hybridized carbons (Fsp3) is 0.800. The Morgan fingerprint density at radius 3 is 2.00 bits per heavy atom. The molecule has 0 aromatic rings. The monoisotopic (exact) mass is 275 g/mol. The summed E-state index contributed by atoms with van der Waals surface area (Å²) in [6.45, 7) is 2.04. The molecule has 0 saturated carbocycles. The van der Waals surface area contributed by atoms with Crippen LogP contribution in [0.15, 0.2) is 0 Å². The molecule has 0 aromatic carbocycles. The molecule has 18 heavy (non-hydrogen) atoms. The Bertz CT molecular complexity index is 312. The molecule has 0 aliphatic carbocycles. The molecular formula is C10H14F5NO2. The molecule has 8 heteroatoms. The van der Waals surface area contributed by atoms with Crippen LogP contribution < -0.4 is 5.32 Å². The first kappa shape index (κ1) is 16.8. The van der Waals surface area contributed by atoms with E-state index in [1.807, 2.05) is 0 Å². The van der Waals surface area contributed by atoms with E-state index in [2.05, 4.69) is 0 Å². The Morgan fingerprint density at radius 2 is 1.61 bits per heavy atom. The maximum atomic E-state index is 13.1. The zero-order valence-corrected chi connectivity index (χ0v) is 9.90. The molecule has 1 N–H and O–H groups in total. The summed E-state index contributed by atoms with van der Waals surface area (Å²) in [5, 5.41) is 1.40. The van der Waals surface area contributed by atoms with Crippen molar-refractivity contribution in [1.29, 1.82) is 0 Å². The number of carbonyl (C=O) groups is 2. The van der Waals surface area contributed by atoms with E-state index in [0.29, 0.717) is 0 Å². The number of ketones is 1. The molecule has 1 amide bonds. The first-order chi connectivity index (χ1) is 7.97. The Hall–Kier alpha value is -1.21. The lowest BCUT2D eigenvalue weighted by Crippen LogP contribution is -2.47. The minimum absolute atomic E-state index is 0.369. The Labute approximate surface area is 101 Å². The molecule has 0 heterocycles. The molecule has 3 nitrogen and oxygen atoms in total. The van der Waals surface area contributed by atoms with Crippen molar-refractivity contribution in [3.63, 3.8) is 0 Å². The molecule has 0 aliphatic rings. The van der Waals surface area contributed by atoms with Gasteiger partial charge in [0.05, 0.1) is 6.42 Å². The van der Waals surface area contributed by atoms with Gasteiger partial charge in [0.1, 0.15) is 0 Å². The first-order valence-electron chi connectivity index (χ1n) is 5.23. The van der Waals surface area contributed by atoms with Gasteiger partial charge in [-0.2, -0.15) is 22.0 Å². The second kappa shape index (κ2) is 6.10. The quantitative estimate of drug-likeness (QED) is 0.597. The van der Waals surface area contributed by atoms with Crippen LogP contribution in [0.5, 0.6) is 0 Å². The van der Waals surface area contributed by atoms with Crippen LogP contribution in [0.25, 0.3) is 0 Å². The topological polar surface area (TPSA) is 46.2 Å². The van der Waals surface area contributed by atoms with Crippen LogP contribution in [0.1, 0.15) is 26.7 Å². The van der Waals surface area contributed by atoms with Crippen molar-refractivity contribution in [2.75, 3.05) is 6.54 Å². The summed E-state index contributed by atoms with van der Waals surface area (Å²) < 4.78 is 61.5. The Morgan fingerprint density at radius 1 is 1.11 bits per heavy atom. The number of Topliss-reactive ketones (excluding diaryl/α,β-unsaturated/α-hetero) is 1. The highest BCUT2D eigenvalue weighted by atomic mass is 19.4. The summed E-state index contributed by atoms with van der Waals surface area (Å²) in [5.41, 5.74) is 0. The van der Waals surface area contributed by atoms with Crippen molar-refractivity contribution in [3.05, 3.63) is 0 Å². The van der Waals surface area contributed by atoms with Crippen LogP contribution in [0.3, 0.4) is 0 Å². The zero-order chi connectivity index (χ0) is 14.6. The van der Waals surface area contributed by atoms with E-state index >= 15 is 0 Å². The summed E-state index contributed by atoms with van der Waals surface area (Å²) in [6.07, 6.45) is -6.49. The Kier molecular flexibility index (Phi) is 5.69. The molecule has 0 aromatic heterocycles. The molecule has 0 unspecified atom stereocenters. The van der Waals surface area contributed by atoms with E-state index in [0.717, 1.165) is 0 Å². The standard InChI is InChI=1S/C10H14F5NO2/c1-6(2)5-7(17)10(14,15)8(18)16-4-3-9(11,12)13/h6H,3-5H2,1-2H3,(H,16,18). The number of rotatable bonds is 6. The van der Waals surface area contributed by atoms with Crippen LogP contribution in [-0.2, 0) is 9.59 Å². The SMILES string of the molecule is CC(C)CC(=O)C(F)(F)C(=O)NCCC(F)(F)F. The van der Waals surface area contributed by atoms with Gasteiger partial charge in [0.25, 0.3) is 5.91 Å². The van der Waals surface area contributed by atoms with Crippen LogP contribution in [0, 0.1) is 5.92 Å². The first-order valence-corrected chi connectivity index (χ1v) is 5.23. The van der Waals surface area contributed by atoms with Crippen molar-refractivity contribution in [2.45, 2.75) is 38.8 Å². The maximum Gasteiger partial charge on any atom is 0.390 e. The number of alkyl halides is 5. The molecule has 106 valence electrons. The second-order valence-corrected chi connectivity index (χ2v) is 4.22. The molecule has 0 bridgehead atoms. The normalized spacial score (nSPS) is 12.7. The van der Waals surface area contributed by atoms with Crippen LogP contribution in [0.4, 0.5) is 22.0 Å². The number of nitrogens with one attached hydrogen (secondary N) is 1. The van der Waals surface area contributed by atoms with Gasteiger partial charge >= 0.3 is 12.1 Å². The van der Waals surface area contributed by atoms with E-state index in [-0.39, 0.29) is 5.92 Å². The smallest absolute Gasteiger partial charge is 0.350 e. The summed E-state index contributed by atoms with van der Waals surface area (Å²) in [6, 6.07) is 0. The van der Waals surface area contributed by atoms with Crippen molar-refractivity contribution >= 4 is 11.7 Å². The molecule has 0 radical (unpaired) electrons. The minimum atomic E-state index is -4.55. The van der Waals surface area contributed by atoms with Crippen LogP contribution in [-0.4, -0.2) is 30.3 Å². The molecule has 0 aliphatic heterocycles. The summed E-state index contributed by atoms with van der Waals surface area (Å²) in [4.78, 5) is 22.0. The number of halogens is 5. The lowest BCUT2D eigenvalue weighted by molar-refractivity contribution is -0.159. The highest BCUT2D eigenvalue weighted by Gasteiger charge is 2.46. The molecular weight excluding hydrogens is 261 g/mol. The van der Waals surface area contributed by atoms with Gasteiger partial charge in [0, 0.05) is 13.0 Å². The van der Waals surface area contributed by atoms with Crippen molar-refractivity contribution < 1.29 is 31.5 Å². The third kappa shape index (κ3) is 5.92. The fourth-order valence-electron chi connectivity index (χ4n) is 1.05. The number of hydrogen-bond acceptors (Lipinski definition) is 2. The zero-order valence-electron chi connectivity index (χ0n) is 9.90. The second-order valence-electron chi connectivity index (χ2n) is 4.22. The average Bonchev–Trinajstić information content (AvgIpc) is 2.14. The highest BCUT2D eigenvalue weighted by molar-refractivity contribution is 6.07. The van der Waals surface area contributed by atoms with E-state index in [1.54, 1.807) is 0 Å². The largest absolute Gasteiger partial charge is 0.390 e. The van der Waals surface area contributed by atoms with E-state index in [9.17, 15) is 31.5 Å². The predicted octanol–water partition coefficient (Wildman–Crippen LogP) is 2.31. The third-order valence-corrected chi connectivity index (χ3v) is 1.92. The van der Waals surface area contributed by atoms with Crippen molar-refractivity contribution in [2.24, 2.45) is 5.92 Å². The molecule has 0 atom stereocenters. The van der Waals surface area contributed by atoms with Gasteiger partial charge in [-0.15, -0.1) is 0 Å². The average molecular weight is 275 g/mol. The van der Waals surface area contributed by atoms with Crippen molar-refractivity contribution in [3.8, 4) is 0 Å². The lowest BCUT2D eigenvalue weighted by Gasteiger charge is -2.16. The number of hydrogen-bond donors (Lipinski definition) is 1. The van der Waals surface area contributed by atoms with E-state index < -0.39 is 43.2 Å². The van der Waals surface area contributed by atoms with Gasteiger partial charge in [-0.05, 0) is 5.92 Å². The molecule has 0 saturated heterocycles. The predicted molar refractivity (Wildman–Crippen MR) is 53.1 cm³/mol. The highest BCUT2D eigenvalue weighted by Crippen LogP contribution is 2.21. The number of amides is 1. The van der Waals surface area contributed by atoms with E-state index in [1.165, 1.54) is 19.2 Å². The Balaban J connectivity index is 4.35. The lowest BCUT2D eigenvalue weighted by atomic mass is 10.0. The van der Waals surface area contributed by atoms with Gasteiger partial charge in [-0.3, -0.25) is 9.59 Å².